The van der Waals surface area contributed by atoms with E-state index in [1.807, 2.05) is 18.2 Å². The van der Waals surface area contributed by atoms with Gasteiger partial charge in [0.15, 0.2) is 5.65 Å². The third kappa shape index (κ3) is 2.62. The molecule has 0 unspecified atom stereocenters. The van der Waals surface area contributed by atoms with Crippen molar-refractivity contribution in [2.24, 2.45) is 0 Å². The molecule has 0 saturated carbocycles. The molecule has 0 atom stereocenters. The van der Waals surface area contributed by atoms with Gasteiger partial charge in [-0.15, -0.1) is 0 Å². The zero-order chi connectivity index (χ0) is 18.4. The molecule has 7 heteroatoms. The maximum absolute atomic E-state index is 14.4. The second kappa shape index (κ2) is 6.10. The van der Waals surface area contributed by atoms with Crippen LogP contribution in [0.5, 0.6) is 0 Å². The zero-order valence-electron chi connectivity index (χ0n) is 13.8. The number of aromatic nitrogens is 5. The summed E-state index contributed by atoms with van der Waals surface area (Å²) in [5, 5.41) is 6.64. The monoisotopic (exact) mass is 375 g/mol. The summed E-state index contributed by atoms with van der Waals surface area (Å²) in [5.41, 5.74) is 2.90. The van der Waals surface area contributed by atoms with Gasteiger partial charge in [0, 0.05) is 39.9 Å². The van der Waals surface area contributed by atoms with Crippen LogP contribution in [0.2, 0.25) is 5.02 Å². The molecule has 27 heavy (non-hydrogen) atoms. The minimum atomic E-state index is -0.400. The molecule has 4 heterocycles. The molecule has 0 radical (unpaired) electrons. The normalized spacial score (nSPS) is 11.3. The minimum absolute atomic E-state index is 0.314. The van der Waals surface area contributed by atoms with Crippen molar-refractivity contribution < 1.29 is 4.39 Å². The summed E-state index contributed by atoms with van der Waals surface area (Å²) in [6, 6.07) is 11.8. The Balaban J connectivity index is 1.85. The van der Waals surface area contributed by atoms with Crippen molar-refractivity contribution in [3.05, 3.63) is 78.1 Å². The van der Waals surface area contributed by atoms with Gasteiger partial charge in [-0.25, -0.2) is 19.0 Å². The molecule has 0 N–H and O–H groups in total. The second-order valence-electron chi connectivity index (χ2n) is 6.02. The van der Waals surface area contributed by atoms with E-state index in [0.717, 1.165) is 22.0 Å². The van der Waals surface area contributed by atoms with Crippen molar-refractivity contribution in [3.8, 4) is 16.9 Å². The van der Waals surface area contributed by atoms with Gasteiger partial charge in [-0.3, -0.25) is 4.98 Å². The van der Waals surface area contributed by atoms with Gasteiger partial charge >= 0.3 is 0 Å². The quantitative estimate of drug-likeness (QED) is 0.443. The van der Waals surface area contributed by atoms with Crippen LogP contribution in [0.15, 0.2) is 67.3 Å². The second-order valence-corrected chi connectivity index (χ2v) is 6.45. The van der Waals surface area contributed by atoms with Crippen LogP contribution >= 0.6 is 11.6 Å². The lowest BCUT2D eigenvalue weighted by atomic mass is 10.1. The Morgan fingerprint density at radius 1 is 1.00 bits per heavy atom. The van der Waals surface area contributed by atoms with Gasteiger partial charge in [-0.2, -0.15) is 5.10 Å². The molecule has 0 aliphatic carbocycles. The van der Waals surface area contributed by atoms with Crippen molar-refractivity contribution >= 4 is 33.5 Å². The lowest BCUT2D eigenvalue weighted by Gasteiger charge is -2.11. The minimum Gasteiger partial charge on any atom is -0.264 e. The smallest absolute Gasteiger partial charge is 0.161 e. The molecule has 0 fully saturated rings. The van der Waals surface area contributed by atoms with Crippen LogP contribution in [0.25, 0.3) is 38.9 Å². The summed E-state index contributed by atoms with van der Waals surface area (Å²) in [7, 11) is 0. The Labute approximate surface area is 158 Å². The summed E-state index contributed by atoms with van der Waals surface area (Å²) < 4.78 is 16.2. The number of hydrogen-bond donors (Lipinski definition) is 0. The molecule has 0 aliphatic heterocycles. The summed E-state index contributed by atoms with van der Waals surface area (Å²) in [6.45, 7) is 0. The Morgan fingerprint density at radius 2 is 1.93 bits per heavy atom. The van der Waals surface area contributed by atoms with Gasteiger partial charge in [0.2, 0.25) is 0 Å². The number of rotatable bonds is 2. The number of hydrogen-bond acceptors (Lipinski definition) is 4. The Kier molecular flexibility index (Phi) is 3.58. The summed E-state index contributed by atoms with van der Waals surface area (Å²) >= 11 is 6.07. The van der Waals surface area contributed by atoms with E-state index >= 15 is 0 Å². The molecule has 0 saturated heterocycles. The van der Waals surface area contributed by atoms with Crippen molar-refractivity contribution in [3.63, 3.8) is 0 Å². The molecular formula is C20H11ClFN5. The average molecular weight is 376 g/mol. The van der Waals surface area contributed by atoms with E-state index in [9.17, 15) is 4.39 Å². The standard InChI is InChI=1S/C20H11ClFN5/c21-13-3-4-16(22)15(8-13)17-9-19(14-2-1-6-24-20(14)26-17)27-18-5-7-23-10-12(18)11-25-27/h1-11H. The molecule has 5 rings (SSSR count). The van der Waals surface area contributed by atoms with Crippen molar-refractivity contribution in [2.75, 3.05) is 0 Å². The highest BCUT2D eigenvalue weighted by Gasteiger charge is 2.15. The van der Waals surface area contributed by atoms with Crippen molar-refractivity contribution in [2.45, 2.75) is 0 Å². The van der Waals surface area contributed by atoms with Crippen LogP contribution in [0.4, 0.5) is 4.39 Å². The molecule has 4 aromatic heterocycles. The van der Waals surface area contributed by atoms with Crippen molar-refractivity contribution in [1.82, 2.24) is 24.7 Å². The first-order chi connectivity index (χ1) is 13.2. The molecule has 1 aromatic carbocycles. The predicted molar refractivity (Wildman–Crippen MR) is 102 cm³/mol. The van der Waals surface area contributed by atoms with Crippen LogP contribution in [0.1, 0.15) is 0 Å². The maximum Gasteiger partial charge on any atom is 0.161 e. The highest BCUT2D eigenvalue weighted by molar-refractivity contribution is 6.30. The Morgan fingerprint density at radius 3 is 2.85 bits per heavy atom. The molecule has 0 spiro atoms. The molecule has 130 valence electrons. The lowest BCUT2D eigenvalue weighted by Crippen LogP contribution is -2.01. The van der Waals surface area contributed by atoms with Gasteiger partial charge in [0.1, 0.15) is 5.82 Å². The fourth-order valence-corrected chi connectivity index (χ4v) is 3.28. The number of nitrogens with zero attached hydrogens (tertiary/aromatic N) is 5. The topological polar surface area (TPSA) is 56.5 Å². The number of benzene rings is 1. The predicted octanol–water partition coefficient (Wildman–Crippen LogP) is 4.82. The third-order valence-corrected chi connectivity index (χ3v) is 4.60. The van der Waals surface area contributed by atoms with E-state index in [-0.39, 0.29) is 0 Å². The fraction of sp³-hybridized carbons (Fsp3) is 0. The molecule has 5 nitrogen and oxygen atoms in total. The maximum atomic E-state index is 14.4. The third-order valence-electron chi connectivity index (χ3n) is 4.36. The first-order valence-electron chi connectivity index (χ1n) is 8.20. The summed E-state index contributed by atoms with van der Waals surface area (Å²) in [6.07, 6.45) is 6.85. The van der Waals surface area contributed by atoms with Crippen LogP contribution in [-0.2, 0) is 0 Å². The van der Waals surface area contributed by atoms with E-state index in [2.05, 4.69) is 20.1 Å². The molecule has 0 amide bonds. The Hall–Kier alpha value is -3.38. The summed E-state index contributed by atoms with van der Waals surface area (Å²) in [5.74, 6) is -0.400. The molecule has 0 bridgehead atoms. The number of halogens is 2. The van der Waals surface area contributed by atoms with E-state index in [1.54, 1.807) is 41.6 Å². The van der Waals surface area contributed by atoms with Crippen LogP contribution in [-0.4, -0.2) is 24.7 Å². The van der Waals surface area contributed by atoms with E-state index in [4.69, 9.17) is 11.6 Å². The molecular weight excluding hydrogens is 365 g/mol. The highest BCUT2D eigenvalue weighted by atomic mass is 35.5. The fourth-order valence-electron chi connectivity index (χ4n) is 3.11. The number of fused-ring (bicyclic) bond motifs is 2. The van der Waals surface area contributed by atoms with Gasteiger partial charge in [-0.1, -0.05) is 11.6 Å². The zero-order valence-corrected chi connectivity index (χ0v) is 14.6. The SMILES string of the molecule is Fc1ccc(Cl)cc1-c1cc(-n2ncc3cnccc32)c2cccnc2n1. The number of pyridine rings is 3. The van der Waals surface area contributed by atoms with E-state index in [0.29, 0.717) is 21.9 Å². The van der Waals surface area contributed by atoms with Gasteiger partial charge < -0.3 is 0 Å². The highest BCUT2D eigenvalue weighted by Crippen LogP contribution is 2.30. The molecule has 5 aromatic rings. The average Bonchev–Trinajstić information content (AvgIpc) is 3.13. The first-order valence-corrected chi connectivity index (χ1v) is 8.58. The van der Waals surface area contributed by atoms with E-state index in [1.165, 1.54) is 12.1 Å². The largest absolute Gasteiger partial charge is 0.264 e. The Bertz CT molecular complexity index is 1310. The van der Waals surface area contributed by atoms with Crippen LogP contribution < -0.4 is 0 Å². The lowest BCUT2D eigenvalue weighted by molar-refractivity contribution is 0.631. The van der Waals surface area contributed by atoms with Gasteiger partial charge in [-0.05, 0) is 42.5 Å². The van der Waals surface area contributed by atoms with Gasteiger partial charge in [0.05, 0.1) is 23.1 Å². The van der Waals surface area contributed by atoms with Crippen LogP contribution in [0, 0.1) is 5.82 Å². The molecule has 0 aliphatic rings. The van der Waals surface area contributed by atoms with Gasteiger partial charge in [0.25, 0.3) is 0 Å². The first kappa shape index (κ1) is 15.8. The van der Waals surface area contributed by atoms with E-state index < -0.39 is 5.82 Å². The van der Waals surface area contributed by atoms with Crippen LogP contribution in [0.3, 0.4) is 0 Å². The summed E-state index contributed by atoms with van der Waals surface area (Å²) in [4.78, 5) is 13.0. The van der Waals surface area contributed by atoms with Crippen molar-refractivity contribution in [1.29, 1.82) is 0 Å².